The zero-order valence-electron chi connectivity index (χ0n) is 14.6. The van der Waals surface area contributed by atoms with Gasteiger partial charge >= 0.3 is 6.09 Å². The average molecular weight is 322 g/mol. The molecule has 130 valence electrons. The van der Waals surface area contributed by atoms with E-state index in [9.17, 15) is 9.59 Å². The zero-order valence-corrected chi connectivity index (χ0v) is 14.6. The molecule has 1 aliphatic heterocycles. The number of hydrogen-bond acceptors (Lipinski definition) is 3. The molecule has 0 aromatic rings. The number of amides is 2. The fourth-order valence-corrected chi connectivity index (χ4v) is 3.71. The van der Waals surface area contributed by atoms with E-state index >= 15 is 0 Å². The van der Waals surface area contributed by atoms with E-state index in [0.29, 0.717) is 12.0 Å². The number of hydrogen-bond donors (Lipinski definition) is 1. The highest BCUT2D eigenvalue weighted by molar-refractivity contribution is 5.87. The van der Waals surface area contributed by atoms with Crippen LogP contribution < -0.4 is 5.32 Å². The molecule has 0 spiro atoms. The van der Waals surface area contributed by atoms with Gasteiger partial charge in [-0.15, -0.1) is 6.58 Å². The molecule has 5 unspecified atom stereocenters. The predicted molar refractivity (Wildman–Crippen MR) is 90.0 cm³/mol. The van der Waals surface area contributed by atoms with E-state index in [2.05, 4.69) is 18.8 Å². The van der Waals surface area contributed by atoms with Gasteiger partial charge in [-0.2, -0.15) is 0 Å². The van der Waals surface area contributed by atoms with Crippen molar-refractivity contribution in [3.05, 3.63) is 12.7 Å². The van der Waals surface area contributed by atoms with Crippen LogP contribution >= 0.6 is 0 Å². The highest BCUT2D eigenvalue weighted by Crippen LogP contribution is 2.48. The van der Waals surface area contributed by atoms with E-state index < -0.39 is 12.1 Å². The second kappa shape index (κ2) is 7.84. The summed E-state index contributed by atoms with van der Waals surface area (Å²) in [7, 11) is 1.33. The molecular formula is C18H30N2O3. The van der Waals surface area contributed by atoms with Crippen LogP contribution in [0.3, 0.4) is 0 Å². The van der Waals surface area contributed by atoms with Gasteiger partial charge in [0.2, 0.25) is 5.91 Å². The van der Waals surface area contributed by atoms with E-state index in [-0.39, 0.29) is 17.9 Å². The Morgan fingerprint density at radius 1 is 1.39 bits per heavy atom. The molecular weight excluding hydrogens is 292 g/mol. The van der Waals surface area contributed by atoms with Crippen LogP contribution in [0.1, 0.15) is 52.4 Å². The SMILES string of the molecule is C=CC1CC2CC2N1C(=O)C(NC(=O)OC)C(C)CCCCC. The second-order valence-electron chi connectivity index (χ2n) is 6.93. The number of carbonyl (C=O) groups is 2. The lowest BCUT2D eigenvalue weighted by atomic mass is 9.93. The van der Waals surface area contributed by atoms with Crippen LogP contribution in [-0.4, -0.2) is 42.1 Å². The number of unbranched alkanes of at least 4 members (excludes halogenated alkanes) is 2. The maximum Gasteiger partial charge on any atom is 0.407 e. The lowest BCUT2D eigenvalue weighted by Gasteiger charge is -2.32. The molecule has 1 saturated heterocycles. The summed E-state index contributed by atoms with van der Waals surface area (Å²) in [5.41, 5.74) is 0. The van der Waals surface area contributed by atoms with E-state index in [1.807, 2.05) is 17.9 Å². The minimum Gasteiger partial charge on any atom is -0.453 e. The van der Waals surface area contributed by atoms with Crippen LogP contribution in [0.5, 0.6) is 0 Å². The minimum atomic E-state index is -0.535. The summed E-state index contributed by atoms with van der Waals surface area (Å²) >= 11 is 0. The van der Waals surface area contributed by atoms with Gasteiger partial charge in [0.1, 0.15) is 6.04 Å². The maximum absolute atomic E-state index is 13.1. The van der Waals surface area contributed by atoms with Crippen LogP contribution in [-0.2, 0) is 9.53 Å². The van der Waals surface area contributed by atoms with Crippen molar-refractivity contribution in [3.63, 3.8) is 0 Å². The number of carbonyl (C=O) groups excluding carboxylic acids is 2. The second-order valence-corrected chi connectivity index (χ2v) is 6.93. The van der Waals surface area contributed by atoms with Crippen molar-refractivity contribution in [2.75, 3.05) is 7.11 Å². The molecule has 1 saturated carbocycles. The first-order valence-corrected chi connectivity index (χ1v) is 8.82. The number of rotatable bonds is 8. The maximum atomic E-state index is 13.1. The highest BCUT2D eigenvalue weighted by Gasteiger charge is 2.54. The predicted octanol–water partition coefficient (Wildman–Crippen LogP) is 3.10. The number of methoxy groups -OCH3 is 1. The Labute approximate surface area is 139 Å². The van der Waals surface area contributed by atoms with E-state index in [0.717, 1.165) is 38.5 Å². The van der Waals surface area contributed by atoms with Crippen molar-refractivity contribution in [1.29, 1.82) is 0 Å². The molecule has 1 heterocycles. The molecule has 5 nitrogen and oxygen atoms in total. The Morgan fingerprint density at radius 2 is 2.13 bits per heavy atom. The molecule has 2 amide bonds. The van der Waals surface area contributed by atoms with E-state index in [1.54, 1.807) is 0 Å². The molecule has 1 N–H and O–H groups in total. The Morgan fingerprint density at radius 3 is 2.74 bits per heavy atom. The van der Waals surface area contributed by atoms with Crippen molar-refractivity contribution in [1.82, 2.24) is 10.2 Å². The zero-order chi connectivity index (χ0) is 17.0. The van der Waals surface area contributed by atoms with Gasteiger partial charge in [-0.25, -0.2) is 4.79 Å². The summed E-state index contributed by atoms with van der Waals surface area (Å²) in [6.45, 7) is 8.06. The summed E-state index contributed by atoms with van der Waals surface area (Å²) in [6.07, 6.45) is 7.71. The third-order valence-electron chi connectivity index (χ3n) is 5.23. The van der Waals surface area contributed by atoms with E-state index in [1.165, 1.54) is 7.11 Å². The molecule has 2 fully saturated rings. The third kappa shape index (κ3) is 4.06. The molecule has 2 rings (SSSR count). The standard InChI is InChI=1S/C18H30N2O3/c1-5-7-8-9-12(3)16(19-18(22)23-4)17(21)20-14(6-2)10-13-11-15(13)20/h6,12-16H,2,5,7-11H2,1,3-4H3,(H,19,22). The highest BCUT2D eigenvalue weighted by atomic mass is 16.5. The van der Waals surface area contributed by atoms with Crippen molar-refractivity contribution in [2.45, 2.75) is 70.5 Å². The number of piperidine rings is 1. The van der Waals surface area contributed by atoms with Crippen LogP contribution in [0, 0.1) is 11.8 Å². The number of ether oxygens (including phenoxy) is 1. The molecule has 0 bridgehead atoms. The van der Waals surface area contributed by atoms with Gasteiger partial charge in [0.25, 0.3) is 0 Å². The average Bonchev–Trinajstić information content (AvgIpc) is 3.21. The lowest BCUT2D eigenvalue weighted by Crippen LogP contribution is -2.53. The molecule has 5 atom stereocenters. The number of nitrogens with one attached hydrogen (secondary N) is 1. The van der Waals surface area contributed by atoms with Crippen molar-refractivity contribution in [3.8, 4) is 0 Å². The quantitative estimate of drug-likeness (QED) is 0.552. The summed E-state index contributed by atoms with van der Waals surface area (Å²) in [6, 6.07) is -0.0626. The number of likely N-dealkylation sites (tertiary alicyclic amines) is 1. The lowest BCUT2D eigenvalue weighted by molar-refractivity contribution is -0.135. The molecule has 1 aliphatic carbocycles. The van der Waals surface area contributed by atoms with Crippen molar-refractivity contribution < 1.29 is 14.3 Å². The van der Waals surface area contributed by atoms with Gasteiger partial charge in [0.05, 0.1) is 13.2 Å². The summed E-state index contributed by atoms with van der Waals surface area (Å²) in [5, 5.41) is 2.77. The smallest absolute Gasteiger partial charge is 0.407 e. The fraction of sp³-hybridized carbons (Fsp3) is 0.778. The molecule has 0 radical (unpaired) electrons. The van der Waals surface area contributed by atoms with Crippen LogP contribution in [0.2, 0.25) is 0 Å². The molecule has 0 aromatic heterocycles. The van der Waals surface area contributed by atoms with Gasteiger partial charge in [-0.1, -0.05) is 39.2 Å². The van der Waals surface area contributed by atoms with Crippen LogP contribution in [0.15, 0.2) is 12.7 Å². The van der Waals surface area contributed by atoms with Crippen LogP contribution in [0.25, 0.3) is 0 Å². The first-order valence-electron chi connectivity index (χ1n) is 8.82. The third-order valence-corrected chi connectivity index (χ3v) is 5.23. The molecule has 0 aromatic carbocycles. The Hall–Kier alpha value is -1.52. The van der Waals surface area contributed by atoms with E-state index in [4.69, 9.17) is 4.74 Å². The first kappa shape index (κ1) is 17.8. The largest absolute Gasteiger partial charge is 0.453 e. The van der Waals surface area contributed by atoms with Crippen LogP contribution in [0.4, 0.5) is 4.79 Å². The topological polar surface area (TPSA) is 58.6 Å². The Balaban J connectivity index is 2.06. The Kier molecular flexibility index (Phi) is 6.08. The number of alkyl carbamates (subject to hydrolysis) is 1. The number of nitrogens with zero attached hydrogens (tertiary/aromatic N) is 1. The molecule has 23 heavy (non-hydrogen) atoms. The van der Waals surface area contributed by atoms with Gasteiger partial charge in [-0.05, 0) is 31.1 Å². The molecule has 5 heteroatoms. The summed E-state index contributed by atoms with van der Waals surface area (Å²) in [5.74, 6) is 0.738. The monoisotopic (exact) mass is 322 g/mol. The van der Waals surface area contributed by atoms with Gasteiger partial charge < -0.3 is 15.0 Å². The normalized spacial score (nSPS) is 27.8. The summed E-state index contributed by atoms with van der Waals surface area (Å²) in [4.78, 5) is 26.7. The fourth-order valence-electron chi connectivity index (χ4n) is 3.71. The van der Waals surface area contributed by atoms with Gasteiger partial charge in [0.15, 0.2) is 0 Å². The van der Waals surface area contributed by atoms with Gasteiger partial charge in [0, 0.05) is 6.04 Å². The summed E-state index contributed by atoms with van der Waals surface area (Å²) < 4.78 is 4.72. The first-order chi connectivity index (χ1) is 11.0. The van der Waals surface area contributed by atoms with Crippen molar-refractivity contribution >= 4 is 12.0 Å². The van der Waals surface area contributed by atoms with Gasteiger partial charge in [-0.3, -0.25) is 4.79 Å². The minimum absolute atomic E-state index is 0.0225. The Bertz CT molecular complexity index is 452. The molecule has 2 aliphatic rings. The van der Waals surface area contributed by atoms with Crippen molar-refractivity contribution in [2.24, 2.45) is 11.8 Å². The number of fused-ring (bicyclic) bond motifs is 1.